The minimum absolute atomic E-state index is 0.0222. The Balaban J connectivity index is 0.000000185. The monoisotopic (exact) mass is 344 g/mol. The highest BCUT2D eigenvalue weighted by atomic mass is 32.2. The topological polar surface area (TPSA) is 100 Å². The predicted octanol–water partition coefficient (Wildman–Crippen LogP) is 3.31. The van der Waals surface area contributed by atoms with Crippen LogP contribution in [0.4, 0.5) is 5.69 Å². The van der Waals surface area contributed by atoms with E-state index < -0.39 is 4.92 Å². The van der Waals surface area contributed by atoms with Crippen LogP contribution in [0.15, 0.2) is 59.5 Å². The number of nitrogens with one attached hydrogen (secondary N) is 3. The summed E-state index contributed by atoms with van der Waals surface area (Å²) in [5, 5.41) is 11.1. The average Bonchev–Trinajstić information content (AvgIpc) is 3.03. The maximum atomic E-state index is 10.4. The summed E-state index contributed by atoms with van der Waals surface area (Å²) in [7, 11) is 1.84. The van der Waals surface area contributed by atoms with Crippen LogP contribution in [-0.4, -0.2) is 23.2 Å². The summed E-state index contributed by atoms with van der Waals surface area (Å²) in [6.07, 6.45) is 0.672. The SMILES string of the molecule is CNNSc1ccccc1.O=Cc1cc2cc([N+](=O)[O-])ccc2[nH]1. The van der Waals surface area contributed by atoms with Crippen molar-refractivity contribution in [1.29, 1.82) is 0 Å². The van der Waals surface area contributed by atoms with Crippen LogP contribution >= 0.6 is 11.9 Å². The van der Waals surface area contributed by atoms with E-state index >= 15 is 0 Å². The van der Waals surface area contributed by atoms with Crippen molar-refractivity contribution in [2.24, 2.45) is 0 Å². The van der Waals surface area contributed by atoms with Gasteiger partial charge in [0, 0.05) is 27.9 Å². The lowest BCUT2D eigenvalue weighted by molar-refractivity contribution is -0.384. The largest absolute Gasteiger partial charge is 0.352 e. The number of aldehydes is 1. The first kappa shape index (κ1) is 17.7. The Morgan fingerprint density at radius 1 is 1.17 bits per heavy atom. The molecule has 0 aliphatic rings. The zero-order valence-electron chi connectivity index (χ0n) is 12.9. The average molecular weight is 344 g/mol. The molecule has 24 heavy (non-hydrogen) atoms. The molecule has 3 rings (SSSR count). The number of aromatic nitrogens is 1. The molecule has 3 N–H and O–H groups in total. The van der Waals surface area contributed by atoms with Gasteiger partial charge in [0.25, 0.3) is 5.69 Å². The van der Waals surface area contributed by atoms with Gasteiger partial charge in [-0.1, -0.05) is 18.2 Å². The van der Waals surface area contributed by atoms with E-state index in [0.29, 0.717) is 17.4 Å². The van der Waals surface area contributed by atoms with Gasteiger partial charge in [-0.2, -0.15) is 4.83 Å². The Morgan fingerprint density at radius 3 is 2.54 bits per heavy atom. The second-order valence-corrected chi connectivity index (χ2v) is 5.52. The zero-order valence-corrected chi connectivity index (χ0v) is 13.7. The van der Waals surface area contributed by atoms with Crippen molar-refractivity contribution >= 4 is 34.8 Å². The number of hydrogen-bond donors (Lipinski definition) is 3. The van der Waals surface area contributed by atoms with E-state index in [4.69, 9.17) is 0 Å². The maximum absolute atomic E-state index is 10.4. The minimum Gasteiger partial charge on any atom is -0.352 e. The van der Waals surface area contributed by atoms with Crippen LogP contribution in [-0.2, 0) is 0 Å². The van der Waals surface area contributed by atoms with Crippen LogP contribution in [0.5, 0.6) is 0 Å². The molecule has 0 saturated carbocycles. The van der Waals surface area contributed by atoms with Crippen LogP contribution in [0.3, 0.4) is 0 Å². The fourth-order valence-electron chi connectivity index (χ4n) is 1.92. The van der Waals surface area contributed by atoms with E-state index in [1.165, 1.54) is 17.0 Å². The number of hydrazine groups is 1. The fourth-order valence-corrected chi connectivity index (χ4v) is 2.43. The number of aromatic amines is 1. The van der Waals surface area contributed by atoms with Crippen molar-refractivity contribution in [3.63, 3.8) is 0 Å². The zero-order chi connectivity index (χ0) is 17.4. The molecule has 2 aromatic carbocycles. The van der Waals surface area contributed by atoms with E-state index in [2.05, 4.69) is 27.4 Å². The van der Waals surface area contributed by atoms with E-state index in [9.17, 15) is 14.9 Å². The lowest BCUT2D eigenvalue weighted by Crippen LogP contribution is -2.18. The normalized spacial score (nSPS) is 10.0. The van der Waals surface area contributed by atoms with Crippen molar-refractivity contribution in [3.05, 3.63) is 70.4 Å². The van der Waals surface area contributed by atoms with Gasteiger partial charge in [-0.25, -0.2) is 0 Å². The fraction of sp³-hybridized carbons (Fsp3) is 0.0625. The molecule has 0 amide bonds. The minimum atomic E-state index is -0.465. The molecule has 1 heterocycles. The number of hydrogen-bond acceptors (Lipinski definition) is 6. The number of rotatable bonds is 5. The number of fused-ring (bicyclic) bond motifs is 1. The number of nitro groups is 1. The molecule has 0 saturated heterocycles. The highest BCUT2D eigenvalue weighted by Crippen LogP contribution is 2.20. The molecule has 0 aliphatic carbocycles. The van der Waals surface area contributed by atoms with Crippen molar-refractivity contribution in [2.45, 2.75) is 4.90 Å². The van der Waals surface area contributed by atoms with Gasteiger partial charge in [-0.3, -0.25) is 20.3 Å². The molecule has 0 aliphatic heterocycles. The number of carbonyl (C=O) groups excluding carboxylic acids is 1. The van der Waals surface area contributed by atoms with Gasteiger partial charge in [0.15, 0.2) is 6.29 Å². The first-order valence-electron chi connectivity index (χ1n) is 7.00. The predicted molar refractivity (Wildman–Crippen MR) is 94.8 cm³/mol. The molecule has 0 radical (unpaired) electrons. The molecule has 0 fully saturated rings. The quantitative estimate of drug-likeness (QED) is 0.284. The highest BCUT2D eigenvalue weighted by Gasteiger charge is 2.07. The third-order valence-electron chi connectivity index (χ3n) is 2.98. The van der Waals surface area contributed by atoms with Crippen molar-refractivity contribution in [1.82, 2.24) is 15.2 Å². The third-order valence-corrected chi connectivity index (χ3v) is 3.79. The molecular weight excluding hydrogens is 328 g/mol. The van der Waals surface area contributed by atoms with E-state index in [1.807, 2.05) is 25.2 Å². The van der Waals surface area contributed by atoms with Crippen LogP contribution in [0.25, 0.3) is 10.9 Å². The first-order chi connectivity index (χ1) is 11.6. The Kier molecular flexibility index (Phi) is 6.50. The molecule has 1 aromatic heterocycles. The number of carbonyl (C=O) groups is 1. The smallest absolute Gasteiger partial charge is 0.270 e. The number of benzene rings is 2. The lowest BCUT2D eigenvalue weighted by Gasteiger charge is -1.99. The van der Waals surface area contributed by atoms with Gasteiger partial charge in [-0.05, 0) is 43.3 Å². The van der Waals surface area contributed by atoms with Gasteiger partial charge in [0.05, 0.1) is 10.6 Å². The van der Waals surface area contributed by atoms with Gasteiger partial charge < -0.3 is 4.98 Å². The molecule has 0 unspecified atom stereocenters. The second kappa shape index (κ2) is 8.82. The summed E-state index contributed by atoms with van der Waals surface area (Å²) >= 11 is 1.56. The Labute approximate surface area is 142 Å². The van der Waals surface area contributed by atoms with E-state index in [0.717, 1.165) is 5.52 Å². The molecule has 0 spiro atoms. The van der Waals surface area contributed by atoms with Crippen LogP contribution < -0.4 is 10.3 Å². The van der Waals surface area contributed by atoms with Crippen molar-refractivity contribution < 1.29 is 9.72 Å². The summed E-state index contributed by atoms with van der Waals surface area (Å²) in [4.78, 5) is 27.4. The Morgan fingerprint density at radius 2 is 1.92 bits per heavy atom. The Hall–Kier alpha value is -2.68. The number of nitro benzene ring substituents is 1. The third kappa shape index (κ3) is 4.92. The van der Waals surface area contributed by atoms with Crippen LogP contribution in [0.1, 0.15) is 10.5 Å². The van der Waals surface area contributed by atoms with Crippen molar-refractivity contribution in [3.8, 4) is 0 Å². The summed E-state index contributed by atoms with van der Waals surface area (Å²) in [6.45, 7) is 0. The summed E-state index contributed by atoms with van der Waals surface area (Å²) in [6, 6.07) is 16.1. The number of non-ortho nitro benzene ring substituents is 1. The first-order valence-corrected chi connectivity index (χ1v) is 7.81. The summed E-state index contributed by atoms with van der Waals surface area (Å²) < 4.78 is 0. The summed E-state index contributed by atoms with van der Waals surface area (Å²) in [5.41, 5.74) is 3.99. The van der Waals surface area contributed by atoms with Gasteiger partial charge in [0.2, 0.25) is 0 Å². The molecule has 0 bridgehead atoms. The van der Waals surface area contributed by atoms with E-state index in [1.54, 1.807) is 24.1 Å². The molecule has 0 atom stereocenters. The van der Waals surface area contributed by atoms with Crippen LogP contribution in [0, 0.1) is 10.1 Å². The molecule has 3 aromatic rings. The van der Waals surface area contributed by atoms with E-state index in [-0.39, 0.29) is 5.69 Å². The molecular formula is C16H16N4O3S. The Bertz CT molecular complexity index is 821. The molecule has 8 heteroatoms. The van der Waals surface area contributed by atoms with Crippen LogP contribution in [0.2, 0.25) is 0 Å². The van der Waals surface area contributed by atoms with Gasteiger partial charge in [0.1, 0.15) is 0 Å². The van der Waals surface area contributed by atoms with Crippen molar-refractivity contribution in [2.75, 3.05) is 7.05 Å². The molecule has 7 nitrogen and oxygen atoms in total. The highest BCUT2D eigenvalue weighted by molar-refractivity contribution is 7.97. The second-order valence-electron chi connectivity index (χ2n) is 4.64. The number of nitrogens with zero attached hydrogens (tertiary/aromatic N) is 1. The van der Waals surface area contributed by atoms with Gasteiger partial charge >= 0.3 is 0 Å². The standard InChI is InChI=1S/C9H6N2O3.C7H10N2S/c12-5-7-3-6-4-8(11(13)14)1-2-9(6)10-7;1-8-9-10-7-5-3-2-4-6-7/h1-5,10H;2-6,8-9H,1H3. The maximum Gasteiger partial charge on any atom is 0.270 e. The molecule has 124 valence electrons. The lowest BCUT2D eigenvalue weighted by atomic mass is 10.2. The summed E-state index contributed by atoms with van der Waals surface area (Å²) in [5.74, 6) is 0. The number of H-pyrrole nitrogens is 1. The van der Waals surface area contributed by atoms with Gasteiger partial charge in [-0.15, -0.1) is 0 Å².